The number of hydrogen-bond donors (Lipinski definition) is 1. The molecule has 3 aliphatic rings. The molecule has 1 N–H and O–H groups in total. The summed E-state index contributed by atoms with van der Waals surface area (Å²) in [6.45, 7) is 9.71. The van der Waals surface area contributed by atoms with E-state index in [1.165, 1.54) is 5.56 Å². The van der Waals surface area contributed by atoms with Gasteiger partial charge in [-0.2, -0.15) is 4.58 Å². The Kier molecular flexibility index (Phi) is 5.17. The van der Waals surface area contributed by atoms with Crippen molar-refractivity contribution in [1.82, 2.24) is 0 Å². The van der Waals surface area contributed by atoms with Crippen LogP contribution in [-0.4, -0.2) is 41.4 Å². The van der Waals surface area contributed by atoms with E-state index in [9.17, 15) is 9.90 Å². The molecule has 2 aliphatic heterocycles. The number of likely N-dealkylation sites (N-methyl/N-ethyl adjacent to an activating group) is 1. The summed E-state index contributed by atoms with van der Waals surface area (Å²) in [6, 6.07) is 16.5. The maximum Gasteiger partial charge on any atom is 0.213 e. The van der Waals surface area contributed by atoms with Gasteiger partial charge in [-0.05, 0) is 23.6 Å². The van der Waals surface area contributed by atoms with Crippen LogP contribution in [0.5, 0.6) is 0 Å². The zero-order chi connectivity index (χ0) is 23.5. The molecule has 0 bridgehead atoms. The number of anilines is 1. The Bertz CT molecular complexity index is 1230. The normalized spacial score (nSPS) is 26.5. The quantitative estimate of drug-likeness (QED) is 0.531. The SMILES string of the molecule is CC(C)CC[N+]1=CC(=C2C(=O)C(C=C3N(C)c4ccccc4C3(C)C)C2O)c2ccccc21. The fraction of sp³-hybridized carbons (Fsp3) is 0.379. The van der Waals surface area contributed by atoms with E-state index < -0.39 is 12.0 Å². The van der Waals surface area contributed by atoms with Crippen LogP contribution in [0.25, 0.3) is 5.57 Å². The van der Waals surface area contributed by atoms with Crippen molar-refractivity contribution in [2.45, 2.75) is 45.6 Å². The topological polar surface area (TPSA) is 43.5 Å². The molecule has 4 nitrogen and oxygen atoms in total. The average molecular weight is 442 g/mol. The van der Waals surface area contributed by atoms with Crippen molar-refractivity contribution in [3.8, 4) is 0 Å². The van der Waals surface area contributed by atoms with E-state index >= 15 is 0 Å². The third-order valence-corrected chi connectivity index (χ3v) is 7.51. The van der Waals surface area contributed by atoms with Crippen LogP contribution in [0.1, 0.15) is 45.2 Å². The highest BCUT2D eigenvalue weighted by Gasteiger charge is 2.49. The van der Waals surface area contributed by atoms with Gasteiger partial charge in [0.05, 0.1) is 23.2 Å². The first kappa shape index (κ1) is 21.8. The van der Waals surface area contributed by atoms with Crippen LogP contribution in [0.15, 0.2) is 65.9 Å². The minimum Gasteiger partial charge on any atom is -0.387 e. The molecule has 2 atom stereocenters. The molecule has 0 saturated heterocycles. The van der Waals surface area contributed by atoms with Crippen molar-refractivity contribution in [1.29, 1.82) is 0 Å². The van der Waals surface area contributed by atoms with Gasteiger partial charge >= 0.3 is 0 Å². The lowest BCUT2D eigenvalue weighted by molar-refractivity contribution is -0.433. The molecule has 1 fully saturated rings. The number of Topliss-reactive ketones (excluding diaryl/α,β-unsaturated/α-hetero) is 1. The molecule has 2 aromatic carbocycles. The second kappa shape index (κ2) is 7.81. The van der Waals surface area contributed by atoms with Gasteiger partial charge in [-0.3, -0.25) is 4.79 Å². The number of ketones is 1. The number of hydrogen-bond acceptors (Lipinski definition) is 3. The molecule has 0 spiro atoms. The van der Waals surface area contributed by atoms with Crippen molar-refractivity contribution in [2.75, 3.05) is 18.5 Å². The first-order valence-corrected chi connectivity index (χ1v) is 11.9. The molecule has 1 aliphatic carbocycles. The van der Waals surface area contributed by atoms with Crippen LogP contribution in [0.2, 0.25) is 0 Å². The Morgan fingerprint density at radius 2 is 1.82 bits per heavy atom. The van der Waals surface area contributed by atoms with Crippen molar-refractivity contribution < 1.29 is 14.5 Å². The maximum atomic E-state index is 13.4. The Balaban J connectivity index is 1.49. The summed E-state index contributed by atoms with van der Waals surface area (Å²) >= 11 is 0. The predicted octanol–water partition coefficient (Wildman–Crippen LogP) is 5.09. The number of para-hydroxylation sites is 2. The molecule has 0 aromatic heterocycles. The first-order valence-electron chi connectivity index (χ1n) is 11.9. The van der Waals surface area contributed by atoms with Crippen LogP contribution in [-0.2, 0) is 10.2 Å². The lowest BCUT2D eigenvalue weighted by atomic mass is 9.70. The van der Waals surface area contributed by atoms with E-state index in [0.29, 0.717) is 11.5 Å². The van der Waals surface area contributed by atoms with Gasteiger partial charge in [0.2, 0.25) is 5.69 Å². The highest BCUT2D eigenvalue weighted by molar-refractivity contribution is 6.25. The van der Waals surface area contributed by atoms with E-state index in [4.69, 9.17) is 0 Å². The number of benzene rings is 2. The lowest BCUT2D eigenvalue weighted by Crippen LogP contribution is -2.45. The van der Waals surface area contributed by atoms with Gasteiger partial charge in [0, 0.05) is 41.9 Å². The summed E-state index contributed by atoms with van der Waals surface area (Å²) in [4.78, 5) is 15.6. The summed E-state index contributed by atoms with van der Waals surface area (Å²) in [5, 5.41) is 11.2. The highest BCUT2D eigenvalue weighted by atomic mass is 16.3. The summed E-state index contributed by atoms with van der Waals surface area (Å²) < 4.78 is 2.23. The third-order valence-electron chi connectivity index (χ3n) is 7.51. The number of carbonyl (C=O) groups excluding carboxylic acids is 1. The molecular weight excluding hydrogens is 408 g/mol. The first-order chi connectivity index (χ1) is 15.7. The van der Waals surface area contributed by atoms with E-state index in [-0.39, 0.29) is 11.2 Å². The average Bonchev–Trinajstić information content (AvgIpc) is 3.24. The van der Waals surface area contributed by atoms with E-state index in [0.717, 1.165) is 41.2 Å². The second-order valence-corrected chi connectivity index (χ2v) is 10.4. The number of aliphatic hydroxyl groups is 1. The molecule has 170 valence electrons. The monoisotopic (exact) mass is 441 g/mol. The Hall–Kier alpha value is -2.98. The molecule has 2 heterocycles. The number of rotatable bonds is 4. The smallest absolute Gasteiger partial charge is 0.213 e. The number of allylic oxidation sites excluding steroid dienone is 2. The van der Waals surface area contributed by atoms with Crippen LogP contribution in [0, 0.1) is 11.8 Å². The molecule has 0 radical (unpaired) electrons. The van der Waals surface area contributed by atoms with Gasteiger partial charge < -0.3 is 10.0 Å². The summed E-state index contributed by atoms with van der Waals surface area (Å²) in [5.41, 5.74) is 6.85. The van der Waals surface area contributed by atoms with E-state index in [2.05, 4.69) is 73.7 Å². The summed E-state index contributed by atoms with van der Waals surface area (Å²) in [7, 11) is 2.04. The van der Waals surface area contributed by atoms with Gasteiger partial charge in [0.25, 0.3) is 0 Å². The molecular formula is C29H33N2O2+. The van der Waals surface area contributed by atoms with Crippen molar-refractivity contribution >= 4 is 28.9 Å². The molecule has 1 saturated carbocycles. The van der Waals surface area contributed by atoms with Gasteiger partial charge in [0.1, 0.15) is 6.54 Å². The van der Waals surface area contributed by atoms with Gasteiger partial charge in [0.15, 0.2) is 12.0 Å². The fourth-order valence-electron chi connectivity index (χ4n) is 5.53. The molecule has 2 unspecified atom stereocenters. The standard InChI is InChI=1S/C29H33N2O2/c1-18(2)14-15-31-17-21(19-10-6-8-12-23(19)31)26-27(32)20(28(26)33)16-25-29(3,4)22-11-7-9-13-24(22)30(25)5/h6-13,16-18,20,27,32H,14-15H2,1-5H3/q+1. The number of nitrogens with zero attached hydrogens (tertiary/aromatic N) is 2. The fourth-order valence-corrected chi connectivity index (χ4v) is 5.53. The van der Waals surface area contributed by atoms with Crippen molar-refractivity contribution in [3.63, 3.8) is 0 Å². The maximum absolute atomic E-state index is 13.4. The zero-order valence-corrected chi connectivity index (χ0v) is 20.2. The number of carbonyl (C=O) groups is 1. The minimum absolute atomic E-state index is 0.0296. The number of aliphatic hydroxyl groups excluding tert-OH is 1. The Morgan fingerprint density at radius 3 is 2.52 bits per heavy atom. The highest BCUT2D eigenvalue weighted by Crippen LogP contribution is 2.49. The van der Waals surface area contributed by atoms with Gasteiger partial charge in [-0.25, -0.2) is 0 Å². The van der Waals surface area contributed by atoms with Crippen LogP contribution in [0.3, 0.4) is 0 Å². The predicted molar refractivity (Wildman–Crippen MR) is 134 cm³/mol. The van der Waals surface area contributed by atoms with Crippen molar-refractivity contribution in [2.24, 2.45) is 11.8 Å². The largest absolute Gasteiger partial charge is 0.387 e. The third kappa shape index (κ3) is 3.31. The van der Waals surface area contributed by atoms with E-state index in [1.54, 1.807) is 0 Å². The summed E-state index contributed by atoms with van der Waals surface area (Å²) in [5.74, 6) is 0.121. The number of fused-ring (bicyclic) bond motifs is 2. The molecule has 5 rings (SSSR count). The Morgan fingerprint density at radius 1 is 1.12 bits per heavy atom. The summed E-state index contributed by atoms with van der Waals surface area (Å²) in [6.07, 6.45) is 4.34. The van der Waals surface area contributed by atoms with Crippen LogP contribution >= 0.6 is 0 Å². The van der Waals surface area contributed by atoms with E-state index in [1.807, 2.05) is 31.3 Å². The molecule has 4 heteroatoms. The molecule has 0 amide bonds. The Labute approximate surface area is 196 Å². The second-order valence-electron chi connectivity index (χ2n) is 10.4. The molecule has 2 aromatic rings. The lowest BCUT2D eigenvalue weighted by Gasteiger charge is -2.35. The van der Waals surface area contributed by atoms with Crippen LogP contribution < -0.4 is 4.90 Å². The van der Waals surface area contributed by atoms with Crippen LogP contribution in [0.4, 0.5) is 11.4 Å². The van der Waals surface area contributed by atoms with Gasteiger partial charge in [-0.15, -0.1) is 0 Å². The molecule has 33 heavy (non-hydrogen) atoms. The van der Waals surface area contributed by atoms with Gasteiger partial charge in [-0.1, -0.05) is 64.1 Å². The minimum atomic E-state index is -0.790. The zero-order valence-electron chi connectivity index (χ0n) is 20.2. The van der Waals surface area contributed by atoms with Crippen molar-refractivity contribution in [3.05, 3.63) is 77.0 Å².